The SMILES string of the molecule is CCCn1c(C2C3CCCC32)nc2cc(C#N)ccc21. The Bertz CT molecular complexity index is 697. The van der Waals surface area contributed by atoms with E-state index in [0.29, 0.717) is 11.5 Å². The number of nitriles is 1. The predicted molar refractivity (Wildman–Crippen MR) is 78.3 cm³/mol. The van der Waals surface area contributed by atoms with E-state index in [2.05, 4.69) is 23.6 Å². The van der Waals surface area contributed by atoms with Crippen molar-refractivity contribution in [1.29, 1.82) is 5.26 Å². The van der Waals surface area contributed by atoms with E-state index in [9.17, 15) is 0 Å². The van der Waals surface area contributed by atoms with Gasteiger partial charge in [0.2, 0.25) is 0 Å². The minimum absolute atomic E-state index is 0.688. The second-order valence-corrected chi connectivity index (χ2v) is 6.22. The van der Waals surface area contributed by atoms with Gasteiger partial charge in [-0.3, -0.25) is 0 Å². The molecule has 0 bridgehead atoms. The van der Waals surface area contributed by atoms with Crippen LogP contribution in [0.3, 0.4) is 0 Å². The van der Waals surface area contributed by atoms with Crippen molar-refractivity contribution in [1.82, 2.24) is 9.55 Å². The number of rotatable bonds is 3. The van der Waals surface area contributed by atoms with Gasteiger partial charge < -0.3 is 4.57 Å². The number of fused-ring (bicyclic) bond motifs is 2. The molecule has 0 aliphatic heterocycles. The fourth-order valence-corrected chi connectivity index (χ4v) is 4.14. The monoisotopic (exact) mass is 265 g/mol. The molecule has 0 amide bonds. The molecular weight excluding hydrogens is 246 g/mol. The Morgan fingerprint density at radius 2 is 2.15 bits per heavy atom. The molecule has 2 fully saturated rings. The van der Waals surface area contributed by atoms with Gasteiger partial charge in [0.25, 0.3) is 0 Å². The van der Waals surface area contributed by atoms with Crippen LogP contribution < -0.4 is 0 Å². The second kappa shape index (κ2) is 4.34. The van der Waals surface area contributed by atoms with Crippen LogP contribution in [-0.4, -0.2) is 9.55 Å². The van der Waals surface area contributed by atoms with Crippen LogP contribution in [0.25, 0.3) is 11.0 Å². The zero-order valence-corrected chi connectivity index (χ0v) is 11.8. The summed E-state index contributed by atoms with van der Waals surface area (Å²) in [5, 5.41) is 9.04. The molecule has 2 saturated carbocycles. The third kappa shape index (κ3) is 1.61. The van der Waals surface area contributed by atoms with E-state index in [1.807, 2.05) is 12.1 Å². The Balaban J connectivity index is 1.83. The average molecular weight is 265 g/mol. The summed E-state index contributed by atoms with van der Waals surface area (Å²) in [7, 11) is 0. The molecule has 2 atom stereocenters. The van der Waals surface area contributed by atoms with E-state index in [4.69, 9.17) is 10.2 Å². The van der Waals surface area contributed by atoms with E-state index < -0.39 is 0 Å². The highest BCUT2D eigenvalue weighted by Gasteiger charge is 2.55. The number of benzene rings is 1. The summed E-state index contributed by atoms with van der Waals surface area (Å²) in [5.41, 5.74) is 2.91. The average Bonchev–Trinajstić information content (AvgIpc) is 2.85. The quantitative estimate of drug-likeness (QED) is 0.846. The summed E-state index contributed by atoms with van der Waals surface area (Å²) in [4.78, 5) is 4.90. The fourth-order valence-electron chi connectivity index (χ4n) is 4.14. The molecule has 2 aliphatic rings. The first kappa shape index (κ1) is 12.0. The highest BCUT2D eigenvalue weighted by atomic mass is 15.1. The Morgan fingerprint density at radius 1 is 1.35 bits per heavy atom. The number of imidazole rings is 1. The molecular formula is C17H19N3. The lowest BCUT2D eigenvalue weighted by Crippen LogP contribution is -2.04. The van der Waals surface area contributed by atoms with Gasteiger partial charge in [0, 0.05) is 12.5 Å². The van der Waals surface area contributed by atoms with Crippen molar-refractivity contribution in [2.75, 3.05) is 0 Å². The molecule has 3 heteroatoms. The topological polar surface area (TPSA) is 41.6 Å². The summed E-state index contributed by atoms with van der Waals surface area (Å²) in [5.74, 6) is 3.75. The lowest BCUT2D eigenvalue weighted by Gasteiger charge is -2.09. The molecule has 1 aromatic carbocycles. The lowest BCUT2D eigenvalue weighted by atomic mass is 10.1. The van der Waals surface area contributed by atoms with Gasteiger partial charge in [-0.15, -0.1) is 0 Å². The van der Waals surface area contributed by atoms with Crippen LogP contribution in [0.15, 0.2) is 18.2 Å². The number of nitrogens with zero attached hydrogens (tertiary/aromatic N) is 3. The van der Waals surface area contributed by atoms with Crippen LogP contribution >= 0.6 is 0 Å². The molecule has 2 unspecified atom stereocenters. The van der Waals surface area contributed by atoms with Crippen molar-refractivity contribution in [3.05, 3.63) is 29.6 Å². The maximum absolute atomic E-state index is 9.04. The predicted octanol–water partition coefficient (Wildman–Crippen LogP) is 3.83. The maximum atomic E-state index is 9.04. The highest BCUT2D eigenvalue weighted by molar-refractivity contribution is 5.78. The molecule has 1 aromatic heterocycles. The van der Waals surface area contributed by atoms with Crippen LogP contribution in [0.2, 0.25) is 0 Å². The number of aromatic nitrogens is 2. The summed E-state index contributed by atoms with van der Waals surface area (Å²) in [6.45, 7) is 3.25. The van der Waals surface area contributed by atoms with E-state index >= 15 is 0 Å². The van der Waals surface area contributed by atoms with Crippen LogP contribution in [0.4, 0.5) is 0 Å². The number of aryl methyl sites for hydroxylation is 1. The van der Waals surface area contributed by atoms with Crippen LogP contribution in [-0.2, 0) is 6.54 Å². The normalized spacial score (nSPS) is 27.5. The summed E-state index contributed by atoms with van der Waals surface area (Å²) < 4.78 is 2.40. The summed E-state index contributed by atoms with van der Waals surface area (Å²) in [6, 6.07) is 8.13. The van der Waals surface area contributed by atoms with Crippen molar-refractivity contribution in [3.63, 3.8) is 0 Å². The maximum Gasteiger partial charge on any atom is 0.113 e. The van der Waals surface area contributed by atoms with Crippen LogP contribution in [0.5, 0.6) is 0 Å². The van der Waals surface area contributed by atoms with Crippen molar-refractivity contribution in [2.24, 2.45) is 11.8 Å². The Hall–Kier alpha value is -1.82. The second-order valence-electron chi connectivity index (χ2n) is 6.22. The molecule has 0 saturated heterocycles. The summed E-state index contributed by atoms with van der Waals surface area (Å²) >= 11 is 0. The molecule has 3 nitrogen and oxygen atoms in total. The molecule has 102 valence electrons. The van der Waals surface area contributed by atoms with Crippen LogP contribution in [0.1, 0.15) is 49.9 Å². The fraction of sp³-hybridized carbons (Fsp3) is 0.529. The first-order valence-electron chi connectivity index (χ1n) is 7.73. The van der Waals surface area contributed by atoms with Crippen molar-refractivity contribution >= 4 is 11.0 Å². The van der Waals surface area contributed by atoms with Crippen molar-refractivity contribution < 1.29 is 0 Å². The van der Waals surface area contributed by atoms with E-state index in [-0.39, 0.29) is 0 Å². The Morgan fingerprint density at radius 3 is 2.85 bits per heavy atom. The molecule has 2 aliphatic carbocycles. The number of hydrogen-bond donors (Lipinski definition) is 0. The molecule has 4 rings (SSSR count). The minimum atomic E-state index is 0.688. The Kier molecular flexibility index (Phi) is 2.60. The van der Waals surface area contributed by atoms with Gasteiger partial charge in [0.1, 0.15) is 5.82 Å². The molecule has 0 N–H and O–H groups in total. The van der Waals surface area contributed by atoms with Crippen molar-refractivity contribution in [3.8, 4) is 6.07 Å². The molecule has 20 heavy (non-hydrogen) atoms. The van der Waals surface area contributed by atoms with E-state index in [1.165, 1.54) is 30.6 Å². The minimum Gasteiger partial charge on any atom is -0.328 e. The molecule has 2 aromatic rings. The van der Waals surface area contributed by atoms with Crippen molar-refractivity contribution in [2.45, 2.75) is 45.1 Å². The first-order valence-corrected chi connectivity index (χ1v) is 7.73. The van der Waals surface area contributed by atoms with Gasteiger partial charge in [-0.25, -0.2) is 4.98 Å². The molecule has 1 heterocycles. The molecule has 0 radical (unpaired) electrons. The van der Waals surface area contributed by atoms with Gasteiger partial charge in [-0.05, 0) is 49.3 Å². The highest BCUT2D eigenvalue weighted by Crippen LogP contribution is 2.63. The van der Waals surface area contributed by atoms with Gasteiger partial charge in [0.05, 0.1) is 22.7 Å². The van der Waals surface area contributed by atoms with Gasteiger partial charge in [0.15, 0.2) is 0 Å². The van der Waals surface area contributed by atoms with E-state index in [1.54, 1.807) is 0 Å². The third-order valence-corrected chi connectivity index (χ3v) is 5.06. The van der Waals surface area contributed by atoms with Gasteiger partial charge in [-0.1, -0.05) is 13.3 Å². The standard InChI is InChI=1S/C17H19N3/c1-2-8-20-15-7-6-11(10-18)9-14(15)19-17(20)16-12-4-3-5-13(12)16/h6-7,9,12-13,16H,2-5,8H2,1H3. The van der Waals surface area contributed by atoms with Gasteiger partial charge >= 0.3 is 0 Å². The lowest BCUT2D eigenvalue weighted by molar-refractivity contribution is 0.600. The van der Waals surface area contributed by atoms with Gasteiger partial charge in [-0.2, -0.15) is 5.26 Å². The number of hydrogen-bond acceptors (Lipinski definition) is 2. The summed E-state index contributed by atoms with van der Waals surface area (Å²) in [6.07, 6.45) is 5.29. The molecule has 0 spiro atoms. The first-order chi connectivity index (χ1) is 9.83. The third-order valence-electron chi connectivity index (χ3n) is 5.06. The zero-order chi connectivity index (χ0) is 13.7. The largest absolute Gasteiger partial charge is 0.328 e. The van der Waals surface area contributed by atoms with E-state index in [0.717, 1.165) is 30.3 Å². The van der Waals surface area contributed by atoms with Crippen LogP contribution in [0, 0.1) is 23.2 Å². The zero-order valence-electron chi connectivity index (χ0n) is 11.8. The Labute approximate surface area is 119 Å². The smallest absolute Gasteiger partial charge is 0.113 e.